The Morgan fingerprint density at radius 3 is 3.18 bits per heavy atom. The van der Waals surface area contributed by atoms with Crippen LogP contribution < -0.4 is 10.6 Å². The van der Waals surface area contributed by atoms with Gasteiger partial charge < -0.3 is 15.4 Å². The molecule has 17 heavy (non-hydrogen) atoms. The van der Waals surface area contributed by atoms with E-state index in [0.717, 1.165) is 43.9 Å². The molecule has 1 unspecified atom stereocenters. The Bertz CT molecular complexity index is 358. The average Bonchev–Trinajstić information content (AvgIpc) is 2.37. The minimum absolute atomic E-state index is 0.265. The second kappa shape index (κ2) is 5.93. The predicted octanol–water partition coefficient (Wildman–Crippen LogP) is 0.593. The number of methoxy groups -OCH3 is 1. The largest absolute Gasteiger partial charge is 0.384 e. The van der Waals surface area contributed by atoms with Crippen molar-refractivity contribution in [1.82, 2.24) is 9.97 Å². The zero-order chi connectivity index (χ0) is 12.1. The number of anilines is 1. The van der Waals surface area contributed by atoms with Crippen LogP contribution in [-0.4, -0.2) is 42.8 Å². The van der Waals surface area contributed by atoms with Gasteiger partial charge in [0, 0.05) is 44.4 Å². The average molecular weight is 236 g/mol. The molecule has 0 aliphatic carbocycles. The summed E-state index contributed by atoms with van der Waals surface area (Å²) in [6.07, 6.45) is 4.70. The Morgan fingerprint density at radius 2 is 2.41 bits per heavy atom. The molecule has 0 spiro atoms. The van der Waals surface area contributed by atoms with Crippen LogP contribution in [0.4, 0.5) is 5.82 Å². The third kappa shape index (κ3) is 3.38. The van der Waals surface area contributed by atoms with Crippen LogP contribution in [0.5, 0.6) is 0 Å². The first-order chi connectivity index (χ1) is 8.29. The molecule has 0 radical (unpaired) electrons. The maximum atomic E-state index is 5.98. The van der Waals surface area contributed by atoms with Crippen LogP contribution in [0.25, 0.3) is 0 Å². The monoisotopic (exact) mass is 236 g/mol. The zero-order valence-corrected chi connectivity index (χ0v) is 10.3. The lowest BCUT2D eigenvalue weighted by atomic mass is 10.1. The summed E-state index contributed by atoms with van der Waals surface area (Å²) in [5.41, 5.74) is 7.00. The molecule has 0 amide bonds. The van der Waals surface area contributed by atoms with Crippen molar-refractivity contribution in [3.8, 4) is 0 Å². The Kier molecular flexibility index (Phi) is 4.28. The lowest BCUT2D eigenvalue weighted by Crippen LogP contribution is -2.43. The van der Waals surface area contributed by atoms with E-state index >= 15 is 0 Å². The summed E-state index contributed by atoms with van der Waals surface area (Å²) in [5.74, 6) is 0.987. The summed E-state index contributed by atoms with van der Waals surface area (Å²) in [6.45, 7) is 2.62. The van der Waals surface area contributed by atoms with Gasteiger partial charge in [-0.3, -0.25) is 0 Å². The van der Waals surface area contributed by atoms with Crippen LogP contribution >= 0.6 is 0 Å². The molecule has 1 aromatic heterocycles. The van der Waals surface area contributed by atoms with Crippen molar-refractivity contribution in [3.05, 3.63) is 18.1 Å². The van der Waals surface area contributed by atoms with Crippen molar-refractivity contribution >= 4 is 5.82 Å². The fourth-order valence-electron chi connectivity index (χ4n) is 2.12. The number of piperidine rings is 1. The molecular formula is C12H20N4O. The molecule has 0 saturated carbocycles. The van der Waals surface area contributed by atoms with Crippen molar-refractivity contribution in [2.75, 3.05) is 31.7 Å². The maximum absolute atomic E-state index is 5.98. The predicted molar refractivity (Wildman–Crippen MR) is 67.0 cm³/mol. The van der Waals surface area contributed by atoms with Crippen molar-refractivity contribution < 1.29 is 4.74 Å². The van der Waals surface area contributed by atoms with Gasteiger partial charge in [-0.15, -0.1) is 0 Å². The first-order valence-electron chi connectivity index (χ1n) is 6.10. The second-order valence-corrected chi connectivity index (χ2v) is 4.46. The molecule has 1 aliphatic rings. The van der Waals surface area contributed by atoms with Crippen LogP contribution in [0.15, 0.2) is 12.4 Å². The second-order valence-electron chi connectivity index (χ2n) is 4.46. The van der Waals surface area contributed by atoms with Crippen LogP contribution in [0.1, 0.15) is 18.5 Å². The van der Waals surface area contributed by atoms with Gasteiger partial charge in [-0.05, 0) is 12.8 Å². The van der Waals surface area contributed by atoms with E-state index in [-0.39, 0.29) is 6.04 Å². The molecule has 5 nitrogen and oxygen atoms in total. The molecular weight excluding hydrogens is 216 g/mol. The molecule has 1 aliphatic heterocycles. The Labute approximate surface area is 102 Å². The number of hydrogen-bond donors (Lipinski definition) is 1. The van der Waals surface area contributed by atoms with E-state index in [1.54, 1.807) is 13.4 Å². The Hall–Kier alpha value is -1.20. The van der Waals surface area contributed by atoms with Gasteiger partial charge in [-0.25, -0.2) is 9.97 Å². The number of aromatic nitrogens is 2. The fourth-order valence-corrected chi connectivity index (χ4v) is 2.12. The van der Waals surface area contributed by atoms with E-state index in [2.05, 4.69) is 14.9 Å². The van der Waals surface area contributed by atoms with E-state index in [1.165, 1.54) is 0 Å². The summed E-state index contributed by atoms with van der Waals surface area (Å²) in [4.78, 5) is 10.8. The summed E-state index contributed by atoms with van der Waals surface area (Å²) in [5, 5.41) is 0. The molecule has 0 bridgehead atoms. The molecule has 0 aromatic carbocycles. The minimum Gasteiger partial charge on any atom is -0.384 e. The van der Waals surface area contributed by atoms with Gasteiger partial charge in [0.05, 0.1) is 6.61 Å². The smallest absolute Gasteiger partial charge is 0.132 e. The van der Waals surface area contributed by atoms with Crippen LogP contribution in [0, 0.1) is 0 Å². The van der Waals surface area contributed by atoms with Crippen LogP contribution in [0.3, 0.4) is 0 Å². The van der Waals surface area contributed by atoms with E-state index < -0.39 is 0 Å². The molecule has 2 N–H and O–H groups in total. The summed E-state index contributed by atoms with van der Waals surface area (Å²) in [7, 11) is 1.70. The molecule has 5 heteroatoms. The van der Waals surface area contributed by atoms with Crippen LogP contribution in [0.2, 0.25) is 0 Å². The molecule has 1 saturated heterocycles. The highest BCUT2D eigenvalue weighted by molar-refractivity contribution is 5.39. The fraction of sp³-hybridized carbons (Fsp3) is 0.667. The number of rotatable bonds is 4. The molecule has 94 valence electrons. The van der Waals surface area contributed by atoms with Gasteiger partial charge in [-0.2, -0.15) is 0 Å². The third-order valence-corrected chi connectivity index (χ3v) is 3.05. The Balaban J connectivity index is 2.04. The van der Waals surface area contributed by atoms with Gasteiger partial charge >= 0.3 is 0 Å². The minimum atomic E-state index is 0.265. The molecule has 1 aromatic rings. The Morgan fingerprint density at radius 1 is 1.53 bits per heavy atom. The van der Waals surface area contributed by atoms with Crippen molar-refractivity contribution in [1.29, 1.82) is 0 Å². The van der Waals surface area contributed by atoms with Gasteiger partial charge in [0.1, 0.15) is 12.1 Å². The topological polar surface area (TPSA) is 64.3 Å². The highest BCUT2D eigenvalue weighted by Crippen LogP contribution is 2.17. The summed E-state index contributed by atoms with van der Waals surface area (Å²) < 4.78 is 5.05. The summed E-state index contributed by atoms with van der Waals surface area (Å²) in [6, 6.07) is 2.30. The van der Waals surface area contributed by atoms with E-state index in [9.17, 15) is 0 Å². The van der Waals surface area contributed by atoms with E-state index in [1.807, 2.05) is 6.07 Å². The molecule has 2 rings (SSSR count). The highest BCUT2D eigenvalue weighted by atomic mass is 16.5. The molecule has 2 heterocycles. The first kappa shape index (κ1) is 12.3. The third-order valence-electron chi connectivity index (χ3n) is 3.05. The number of nitrogens with zero attached hydrogens (tertiary/aromatic N) is 3. The van der Waals surface area contributed by atoms with Gasteiger partial charge in [0.2, 0.25) is 0 Å². The standard InChI is InChI=1S/C12H20N4O/c1-17-6-4-11-7-12(15-9-14-11)16-5-2-3-10(13)8-16/h7,9-10H,2-6,8,13H2,1H3. The van der Waals surface area contributed by atoms with Crippen molar-refractivity contribution in [2.45, 2.75) is 25.3 Å². The lowest BCUT2D eigenvalue weighted by molar-refractivity contribution is 0.201. The normalized spacial score (nSPS) is 20.6. The van der Waals surface area contributed by atoms with Crippen LogP contribution in [-0.2, 0) is 11.2 Å². The SMILES string of the molecule is COCCc1cc(N2CCCC(N)C2)ncn1. The quantitative estimate of drug-likeness (QED) is 0.829. The number of hydrogen-bond acceptors (Lipinski definition) is 5. The van der Waals surface area contributed by atoms with Crippen molar-refractivity contribution in [3.63, 3.8) is 0 Å². The summed E-state index contributed by atoms with van der Waals surface area (Å²) >= 11 is 0. The molecule has 1 atom stereocenters. The van der Waals surface area contributed by atoms with Gasteiger partial charge in [-0.1, -0.05) is 0 Å². The lowest BCUT2D eigenvalue weighted by Gasteiger charge is -2.31. The maximum Gasteiger partial charge on any atom is 0.132 e. The van der Waals surface area contributed by atoms with Gasteiger partial charge in [0.25, 0.3) is 0 Å². The zero-order valence-electron chi connectivity index (χ0n) is 10.3. The number of ether oxygens (including phenoxy) is 1. The van der Waals surface area contributed by atoms with E-state index in [0.29, 0.717) is 6.61 Å². The molecule has 1 fully saturated rings. The van der Waals surface area contributed by atoms with Gasteiger partial charge in [0.15, 0.2) is 0 Å². The highest BCUT2D eigenvalue weighted by Gasteiger charge is 2.18. The van der Waals surface area contributed by atoms with E-state index in [4.69, 9.17) is 10.5 Å². The first-order valence-corrected chi connectivity index (χ1v) is 6.10. The van der Waals surface area contributed by atoms with Crippen molar-refractivity contribution in [2.24, 2.45) is 5.73 Å². The number of nitrogens with two attached hydrogens (primary N) is 1.